The second kappa shape index (κ2) is 7.92. The van der Waals surface area contributed by atoms with E-state index in [-0.39, 0.29) is 17.7 Å². The summed E-state index contributed by atoms with van der Waals surface area (Å²) in [5.74, 6) is 0.755. The van der Waals surface area contributed by atoms with Crippen LogP contribution in [0.2, 0.25) is 0 Å². The van der Waals surface area contributed by atoms with Crippen molar-refractivity contribution in [2.45, 2.75) is 32.6 Å². The minimum atomic E-state index is -0.0571. The Morgan fingerprint density at radius 2 is 1.81 bits per heavy atom. The van der Waals surface area contributed by atoms with Crippen molar-refractivity contribution in [3.05, 3.63) is 65.2 Å². The zero-order valence-electron chi connectivity index (χ0n) is 16.1. The number of nitrogens with zero attached hydrogens (tertiary/aromatic N) is 1. The van der Waals surface area contributed by atoms with E-state index in [4.69, 9.17) is 4.74 Å². The first-order chi connectivity index (χ1) is 12.9. The molecule has 0 aliphatic carbocycles. The van der Waals surface area contributed by atoms with Crippen LogP contribution >= 0.6 is 11.3 Å². The Kier molecular flexibility index (Phi) is 5.61. The highest BCUT2D eigenvalue weighted by atomic mass is 32.1. The normalized spacial score (nSPS) is 11.3. The average molecular weight is 381 g/mol. The molecule has 0 unspecified atom stereocenters. The van der Waals surface area contributed by atoms with Crippen LogP contribution in [-0.2, 0) is 16.6 Å². The molecule has 2 aromatic carbocycles. The summed E-state index contributed by atoms with van der Waals surface area (Å²) < 4.78 is 5.18. The zero-order chi connectivity index (χ0) is 19.4. The number of hydrogen-bond acceptors (Lipinski definition) is 4. The van der Waals surface area contributed by atoms with E-state index in [1.807, 2.05) is 47.8 Å². The third-order valence-corrected chi connectivity index (χ3v) is 5.18. The molecule has 0 fully saturated rings. The van der Waals surface area contributed by atoms with Gasteiger partial charge < -0.3 is 10.1 Å². The van der Waals surface area contributed by atoms with E-state index in [9.17, 15) is 4.79 Å². The maximum atomic E-state index is 12.5. The Hall–Kier alpha value is -2.66. The van der Waals surface area contributed by atoms with Gasteiger partial charge in [-0.2, -0.15) is 0 Å². The molecular weight excluding hydrogens is 356 g/mol. The summed E-state index contributed by atoms with van der Waals surface area (Å²) in [5.41, 5.74) is 3.74. The van der Waals surface area contributed by atoms with E-state index in [0.29, 0.717) is 0 Å². The fourth-order valence-electron chi connectivity index (χ4n) is 2.86. The number of carbonyl (C=O) groups is 1. The number of aromatic nitrogens is 1. The number of rotatable bonds is 5. The van der Waals surface area contributed by atoms with Crippen LogP contribution in [0.25, 0.3) is 10.6 Å². The first kappa shape index (κ1) is 19.1. The highest BCUT2D eigenvalue weighted by Gasteiger charge is 2.19. The molecule has 0 bridgehead atoms. The smallest absolute Gasteiger partial charge is 0.230 e. The lowest BCUT2D eigenvalue weighted by Crippen LogP contribution is -2.20. The van der Waals surface area contributed by atoms with Gasteiger partial charge in [0.2, 0.25) is 5.91 Å². The number of carbonyl (C=O) groups excluding carboxylic acids is 1. The number of thiazole rings is 1. The van der Waals surface area contributed by atoms with Crippen LogP contribution in [0.1, 0.15) is 32.0 Å². The molecule has 0 atom stereocenters. The standard InChI is InChI=1S/C22H24N2O2S/c1-22(2,3)18-7-5-6-8-19(18)24-20(25)13-16-14-27-21(23-16)15-9-11-17(26-4)12-10-15/h5-12,14H,13H2,1-4H3,(H,24,25). The maximum absolute atomic E-state index is 12.5. The van der Waals surface area contributed by atoms with Crippen molar-refractivity contribution in [3.63, 3.8) is 0 Å². The number of anilines is 1. The maximum Gasteiger partial charge on any atom is 0.230 e. The first-order valence-corrected chi connectivity index (χ1v) is 9.73. The summed E-state index contributed by atoms with van der Waals surface area (Å²) >= 11 is 1.54. The summed E-state index contributed by atoms with van der Waals surface area (Å²) in [7, 11) is 1.65. The molecule has 1 heterocycles. The Labute approximate surface area is 164 Å². The molecule has 3 rings (SSSR count). The minimum Gasteiger partial charge on any atom is -0.497 e. The van der Waals surface area contributed by atoms with Gasteiger partial charge in [0.1, 0.15) is 10.8 Å². The molecule has 0 aliphatic heterocycles. The van der Waals surface area contributed by atoms with Gasteiger partial charge in [-0.3, -0.25) is 4.79 Å². The van der Waals surface area contributed by atoms with Crippen LogP contribution in [-0.4, -0.2) is 18.0 Å². The van der Waals surface area contributed by atoms with Gasteiger partial charge in [-0.25, -0.2) is 4.98 Å². The number of methoxy groups -OCH3 is 1. The third kappa shape index (κ3) is 4.74. The van der Waals surface area contributed by atoms with Crippen molar-refractivity contribution in [1.82, 2.24) is 4.98 Å². The minimum absolute atomic E-state index is 0.0357. The number of nitrogens with one attached hydrogen (secondary N) is 1. The Morgan fingerprint density at radius 1 is 1.11 bits per heavy atom. The number of benzene rings is 2. The predicted molar refractivity (Wildman–Crippen MR) is 112 cm³/mol. The molecule has 0 saturated heterocycles. The number of amides is 1. The molecule has 3 aromatic rings. The van der Waals surface area contributed by atoms with Gasteiger partial charge in [0, 0.05) is 16.6 Å². The van der Waals surface area contributed by atoms with Gasteiger partial charge in [0.25, 0.3) is 0 Å². The lowest BCUT2D eigenvalue weighted by molar-refractivity contribution is -0.115. The molecule has 27 heavy (non-hydrogen) atoms. The molecule has 0 spiro atoms. The van der Waals surface area contributed by atoms with Crippen LogP contribution in [0.15, 0.2) is 53.9 Å². The van der Waals surface area contributed by atoms with E-state index in [2.05, 4.69) is 37.1 Å². The Bertz CT molecular complexity index is 924. The van der Waals surface area contributed by atoms with Gasteiger partial charge in [-0.05, 0) is 41.3 Å². The molecule has 140 valence electrons. The number of hydrogen-bond donors (Lipinski definition) is 1. The van der Waals surface area contributed by atoms with E-state index in [1.165, 1.54) is 11.3 Å². The van der Waals surface area contributed by atoms with Crippen molar-refractivity contribution in [2.75, 3.05) is 12.4 Å². The third-order valence-electron chi connectivity index (χ3n) is 4.24. The van der Waals surface area contributed by atoms with Crippen LogP contribution in [0.3, 0.4) is 0 Å². The molecular formula is C22H24N2O2S. The summed E-state index contributed by atoms with van der Waals surface area (Å²) in [6.45, 7) is 6.42. The zero-order valence-corrected chi connectivity index (χ0v) is 16.9. The Balaban J connectivity index is 1.70. The van der Waals surface area contributed by atoms with Crippen molar-refractivity contribution >= 4 is 22.9 Å². The van der Waals surface area contributed by atoms with Crippen LogP contribution in [0, 0.1) is 0 Å². The van der Waals surface area contributed by atoms with Crippen LogP contribution in [0.5, 0.6) is 5.75 Å². The SMILES string of the molecule is COc1ccc(-c2nc(CC(=O)Nc3ccccc3C(C)(C)C)cs2)cc1. The molecule has 0 saturated carbocycles. The lowest BCUT2D eigenvalue weighted by atomic mass is 9.86. The summed E-state index contributed by atoms with van der Waals surface area (Å²) in [6.07, 6.45) is 0.255. The van der Waals surface area contributed by atoms with Crippen molar-refractivity contribution in [1.29, 1.82) is 0 Å². The van der Waals surface area contributed by atoms with Gasteiger partial charge in [0.15, 0.2) is 0 Å². The van der Waals surface area contributed by atoms with Gasteiger partial charge in [-0.1, -0.05) is 39.0 Å². The van der Waals surface area contributed by atoms with Gasteiger partial charge in [0.05, 0.1) is 19.2 Å². The van der Waals surface area contributed by atoms with Gasteiger partial charge in [-0.15, -0.1) is 11.3 Å². The van der Waals surface area contributed by atoms with Gasteiger partial charge >= 0.3 is 0 Å². The fourth-order valence-corrected chi connectivity index (χ4v) is 3.69. The second-order valence-corrected chi connectivity index (χ2v) is 8.25. The van der Waals surface area contributed by atoms with Crippen molar-refractivity contribution in [2.24, 2.45) is 0 Å². The van der Waals surface area contributed by atoms with Crippen LogP contribution in [0.4, 0.5) is 5.69 Å². The first-order valence-electron chi connectivity index (χ1n) is 8.85. The highest BCUT2D eigenvalue weighted by Crippen LogP contribution is 2.30. The van der Waals surface area contributed by atoms with E-state index < -0.39 is 0 Å². The molecule has 1 N–H and O–H groups in total. The molecule has 0 aliphatic rings. The molecule has 1 amide bonds. The van der Waals surface area contributed by atoms with E-state index >= 15 is 0 Å². The Morgan fingerprint density at radius 3 is 2.48 bits per heavy atom. The lowest BCUT2D eigenvalue weighted by Gasteiger charge is -2.22. The summed E-state index contributed by atoms with van der Waals surface area (Å²) in [5, 5.41) is 5.88. The second-order valence-electron chi connectivity index (χ2n) is 7.39. The summed E-state index contributed by atoms with van der Waals surface area (Å²) in [4.78, 5) is 17.1. The predicted octanol–water partition coefficient (Wildman–Crippen LogP) is 5.30. The quantitative estimate of drug-likeness (QED) is 0.654. The van der Waals surface area contributed by atoms with E-state index in [0.717, 1.165) is 33.3 Å². The van der Waals surface area contributed by atoms with Crippen LogP contribution < -0.4 is 10.1 Å². The molecule has 1 aromatic heterocycles. The van der Waals surface area contributed by atoms with Crippen molar-refractivity contribution < 1.29 is 9.53 Å². The monoisotopic (exact) mass is 380 g/mol. The highest BCUT2D eigenvalue weighted by molar-refractivity contribution is 7.13. The largest absolute Gasteiger partial charge is 0.497 e. The summed E-state index contributed by atoms with van der Waals surface area (Å²) in [6, 6.07) is 15.7. The average Bonchev–Trinajstić information content (AvgIpc) is 3.09. The topological polar surface area (TPSA) is 51.2 Å². The molecule has 0 radical (unpaired) electrons. The fraction of sp³-hybridized carbons (Fsp3) is 0.273. The number of ether oxygens (including phenoxy) is 1. The number of para-hydroxylation sites is 1. The molecule has 5 heteroatoms. The molecule has 4 nitrogen and oxygen atoms in total. The van der Waals surface area contributed by atoms with Crippen molar-refractivity contribution in [3.8, 4) is 16.3 Å². The van der Waals surface area contributed by atoms with E-state index in [1.54, 1.807) is 7.11 Å².